The van der Waals surface area contributed by atoms with Crippen molar-refractivity contribution in [2.45, 2.75) is 58.0 Å². The zero-order valence-corrected chi connectivity index (χ0v) is 11.5. The van der Waals surface area contributed by atoms with Crippen LogP contribution >= 0.6 is 0 Å². The van der Waals surface area contributed by atoms with Crippen molar-refractivity contribution in [2.75, 3.05) is 12.3 Å². The van der Waals surface area contributed by atoms with E-state index in [1.54, 1.807) is 0 Å². The fourth-order valence-corrected chi connectivity index (χ4v) is 3.59. The van der Waals surface area contributed by atoms with Gasteiger partial charge in [-0.25, -0.2) is 13.1 Å². The van der Waals surface area contributed by atoms with Crippen LogP contribution in [-0.4, -0.2) is 31.9 Å². The van der Waals surface area contributed by atoms with Gasteiger partial charge >= 0.3 is 0 Å². The normalized spacial score (nSPS) is 26.0. The summed E-state index contributed by atoms with van der Waals surface area (Å²) in [5.74, 6) is 0.582. The molecule has 2 N–H and O–H groups in total. The van der Waals surface area contributed by atoms with E-state index < -0.39 is 10.0 Å². The van der Waals surface area contributed by atoms with Crippen molar-refractivity contribution < 1.29 is 13.5 Å². The van der Waals surface area contributed by atoms with Crippen LogP contribution in [0, 0.1) is 5.92 Å². The summed E-state index contributed by atoms with van der Waals surface area (Å²) in [5.41, 5.74) is 0. The standard InChI is InChI=1S/C12H25NO3S/c1-2-10-17(15,16)13-9-5-7-11-6-3-4-8-12(11)14/h11-14H,2-10H2,1H3. The molecule has 17 heavy (non-hydrogen) atoms. The molecule has 0 radical (unpaired) electrons. The fraction of sp³-hybridized carbons (Fsp3) is 1.00. The minimum atomic E-state index is -3.06. The zero-order valence-electron chi connectivity index (χ0n) is 10.7. The van der Waals surface area contributed by atoms with Crippen LogP contribution in [0.3, 0.4) is 0 Å². The van der Waals surface area contributed by atoms with Crippen molar-refractivity contribution in [1.29, 1.82) is 0 Å². The van der Waals surface area contributed by atoms with Gasteiger partial charge in [0.25, 0.3) is 0 Å². The second kappa shape index (κ2) is 7.34. The van der Waals surface area contributed by atoms with Crippen LogP contribution in [0.2, 0.25) is 0 Å². The number of rotatable bonds is 7. The summed E-state index contributed by atoms with van der Waals surface area (Å²) < 4.78 is 25.4. The molecule has 0 aliphatic heterocycles. The molecule has 1 aliphatic carbocycles. The van der Waals surface area contributed by atoms with E-state index >= 15 is 0 Å². The molecule has 2 atom stereocenters. The molecular weight excluding hydrogens is 238 g/mol. The second-order valence-electron chi connectivity index (χ2n) is 4.97. The summed E-state index contributed by atoms with van der Waals surface area (Å²) in [6, 6.07) is 0. The van der Waals surface area contributed by atoms with E-state index in [4.69, 9.17) is 0 Å². The Morgan fingerprint density at radius 1 is 1.29 bits per heavy atom. The van der Waals surface area contributed by atoms with Crippen LogP contribution < -0.4 is 4.72 Å². The van der Waals surface area contributed by atoms with Gasteiger partial charge in [0.15, 0.2) is 0 Å². The highest BCUT2D eigenvalue weighted by Gasteiger charge is 2.22. The lowest BCUT2D eigenvalue weighted by atomic mass is 9.84. The van der Waals surface area contributed by atoms with Crippen molar-refractivity contribution in [3.05, 3.63) is 0 Å². The highest BCUT2D eigenvalue weighted by molar-refractivity contribution is 7.89. The van der Waals surface area contributed by atoms with Crippen LogP contribution in [0.1, 0.15) is 51.9 Å². The summed E-state index contributed by atoms with van der Waals surface area (Å²) >= 11 is 0. The Morgan fingerprint density at radius 2 is 2.00 bits per heavy atom. The SMILES string of the molecule is CCCS(=O)(=O)NCCCC1CCCCC1O. The molecule has 0 saturated heterocycles. The number of aliphatic hydroxyl groups is 1. The van der Waals surface area contributed by atoms with E-state index in [9.17, 15) is 13.5 Å². The maximum absolute atomic E-state index is 11.4. The lowest BCUT2D eigenvalue weighted by Crippen LogP contribution is -2.29. The van der Waals surface area contributed by atoms with Crippen LogP contribution in [-0.2, 0) is 10.0 Å². The van der Waals surface area contributed by atoms with Gasteiger partial charge in [-0.15, -0.1) is 0 Å². The molecular formula is C12H25NO3S. The largest absolute Gasteiger partial charge is 0.393 e. The number of hydrogen-bond acceptors (Lipinski definition) is 3. The quantitative estimate of drug-likeness (QED) is 0.686. The summed E-state index contributed by atoms with van der Waals surface area (Å²) in [6.07, 6.45) is 6.55. The lowest BCUT2D eigenvalue weighted by Gasteiger charge is -2.27. The molecule has 0 aromatic carbocycles. The number of nitrogens with one attached hydrogen (secondary N) is 1. The highest BCUT2D eigenvalue weighted by Crippen LogP contribution is 2.27. The molecule has 0 aromatic rings. The molecule has 5 heteroatoms. The summed E-state index contributed by atoms with van der Waals surface area (Å²) in [5, 5.41) is 9.77. The summed E-state index contributed by atoms with van der Waals surface area (Å²) in [4.78, 5) is 0. The lowest BCUT2D eigenvalue weighted by molar-refractivity contribution is 0.0645. The molecule has 1 saturated carbocycles. The Hall–Kier alpha value is -0.130. The third kappa shape index (κ3) is 5.84. The number of aliphatic hydroxyl groups excluding tert-OH is 1. The number of sulfonamides is 1. The maximum atomic E-state index is 11.4. The molecule has 0 amide bonds. The van der Waals surface area contributed by atoms with Gasteiger partial charge in [-0.2, -0.15) is 0 Å². The molecule has 0 bridgehead atoms. The van der Waals surface area contributed by atoms with Crippen LogP contribution in [0.15, 0.2) is 0 Å². The molecule has 102 valence electrons. The van der Waals surface area contributed by atoms with E-state index in [-0.39, 0.29) is 11.9 Å². The fourth-order valence-electron chi connectivity index (χ4n) is 2.46. The van der Waals surface area contributed by atoms with Crippen LogP contribution in [0.5, 0.6) is 0 Å². The van der Waals surface area contributed by atoms with Crippen molar-refractivity contribution in [1.82, 2.24) is 4.72 Å². The van der Waals surface area contributed by atoms with Gasteiger partial charge in [0.2, 0.25) is 10.0 Å². The highest BCUT2D eigenvalue weighted by atomic mass is 32.2. The molecule has 0 heterocycles. The first-order chi connectivity index (χ1) is 8.05. The molecule has 0 aromatic heterocycles. The third-order valence-electron chi connectivity index (χ3n) is 3.42. The molecule has 1 fully saturated rings. The van der Waals surface area contributed by atoms with Gasteiger partial charge in [0.05, 0.1) is 11.9 Å². The van der Waals surface area contributed by atoms with Crippen molar-refractivity contribution in [3.63, 3.8) is 0 Å². The van der Waals surface area contributed by atoms with E-state index in [0.29, 0.717) is 18.9 Å². The molecule has 4 nitrogen and oxygen atoms in total. The van der Waals surface area contributed by atoms with Gasteiger partial charge in [-0.05, 0) is 38.0 Å². The molecule has 0 spiro atoms. The van der Waals surface area contributed by atoms with E-state index in [2.05, 4.69) is 4.72 Å². The van der Waals surface area contributed by atoms with Gasteiger partial charge in [0, 0.05) is 6.54 Å². The van der Waals surface area contributed by atoms with E-state index in [1.165, 1.54) is 6.42 Å². The maximum Gasteiger partial charge on any atom is 0.211 e. The Balaban J connectivity index is 2.15. The van der Waals surface area contributed by atoms with Gasteiger partial charge in [-0.3, -0.25) is 0 Å². The molecule has 1 aliphatic rings. The van der Waals surface area contributed by atoms with Gasteiger partial charge in [0.1, 0.15) is 0 Å². The van der Waals surface area contributed by atoms with Gasteiger partial charge in [-0.1, -0.05) is 19.8 Å². The second-order valence-corrected chi connectivity index (χ2v) is 6.89. The smallest absolute Gasteiger partial charge is 0.211 e. The minimum absolute atomic E-state index is 0.170. The zero-order chi connectivity index (χ0) is 12.7. The summed E-state index contributed by atoms with van der Waals surface area (Å²) in [7, 11) is -3.06. The predicted octanol–water partition coefficient (Wildman–Crippen LogP) is 1.65. The van der Waals surface area contributed by atoms with Crippen LogP contribution in [0.25, 0.3) is 0 Å². The Morgan fingerprint density at radius 3 is 2.65 bits per heavy atom. The number of hydrogen-bond donors (Lipinski definition) is 2. The van der Waals surface area contributed by atoms with Crippen molar-refractivity contribution >= 4 is 10.0 Å². The third-order valence-corrected chi connectivity index (χ3v) is 5.01. The molecule has 1 rings (SSSR count). The topological polar surface area (TPSA) is 66.4 Å². The first-order valence-electron chi connectivity index (χ1n) is 6.70. The predicted molar refractivity (Wildman–Crippen MR) is 69.3 cm³/mol. The van der Waals surface area contributed by atoms with E-state index in [1.807, 2.05) is 6.92 Å². The average Bonchev–Trinajstić information content (AvgIpc) is 2.26. The average molecular weight is 263 g/mol. The van der Waals surface area contributed by atoms with Crippen molar-refractivity contribution in [2.24, 2.45) is 5.92 Å². The molecule has 2 unspecified atom stereocenters. The Labute approximate surface area is 105 Å². The monoisotopic (exact) mass is 263 g/mol. The first kappa shape index (κ1) is 14.9. The Bertz CT molecular complexity index is 303. The Kier molecular flexibility index (Phi) is 6.44. The van der Waals surface area contributed by atoms with E-state index in [0.717, 1.165) is 32.1 Å². The van der Waals surface area contributed by atoms with Crippen molar-refractivity contribution in [3.8, 4) is 0 Å². The first-order valence-corrected chi connectivity index (χ1v) is 8.36. The van der Waals surface area contributed by atoms with Crippen LogP contribution in [0.4, 0.5) is 0 Å². The minimum Gasteiger partial charge on any atom is -0.393 e. The van der Waals surface area contributed by atoms with Gasteiger partial charge < -0.3 is 5.11 Å². The summed E-state index contributed by atoms with van der Waals surface area (Å²) in [6.45, 7) is 2.36.